The van der Waals surface area contributed by atoms with E-state index >= 15 is 0 Å². The van der Waals surface area contributed by atoms with Crippen LogP contribution in [-0.4, -0.2) is 23.5 Å². The third-order valence-corrected chi connectivity index (χ3v) is 4.97. The molecular formula is C17H26N2. The van der Waals surface area contributed by atoms with Gasteiger partial charge in [0.2, 0.25) is 0 Å². The summed E-state index contributed by atoms with van der Waals surface area (Å²) in [5.74, 6) is 0. The van der Waals surface area contributed by atoms with Crippen LogP contribution in [-0.2, 0) is 13.0 Å². The van der Waals surface area contributed by atoms with E-state index in [1.165, 1.54) is 37.8 Å². The molecule has 2 atom stereocenters. The summed E-state index contributed by atoms with van der Waals surface area (Å²) in [6, 6.07) is 8.33. The second-order valence-electron chi connectivity index (χ2n) is 6.13. The summed E-state index contributed by atoms with van der Waals surface area (Å²) in [7, 11) is 0. The summed E-state index contributed by atoms with van der Waals surface area (Å²) in [6.45, 7) is 7.00. The monoisotopic (exact) mass is 258 g/mol. The van der Waals surface area contributed by atoms with Crippen molar-refractivity contribution in [3.05, 3.63) is 29.3 Å². The maximum atomic E-state index is 3.55. The number of benzene rings is 1. The SMILES string of the molecule is CCC1CCC(C)N1Cc1cccc2c1CCCN2. The van der Waals surface area contributed by atoms with Crippen molar-refractivity contribution in [1.82, 2.24) is 4.90 Å². The Morgan fingerprint density at radius 2 is 2.21 bits per heavy atom. The van der Waals surface area contributed by atoms with Crippen LogP contribution in [0, 0.1) is 0 Å². The van der Waals surface area contributed by atoms with Crippen molar-refractivity contribution in [3.8, 4) is 0 Å². The molecule has 2 nitrogen and oxygen atoms in total. The molecule has 0 radical (unpaired) electrons. The first-order chi connectivity index (χ1) is 9.29. The van der Waals surface area contributed by atoms with Crippen LogP contribution in [0.25, 0.3) is 0 Å². The zero-order valence-corrected chi connectivity index (χ0v) is 12.3. The lowest BCUT2D eigenvalue weighted by molar-refractivity contribution is 0.189. The summed E-state index contributed by atoms with van der Waals surface area (Å²) >= 11 is 0. The molecule has 1 N–H and O–H groups in total. The molecule has 2 heterocycles. The van der Waals surface area contributed by atoms with Gasteiger partial charge in [-0.2, -0.15) is 0 Å². The molecule has 3 rings (SSSR count). The van der Waals surface area contributed by atoms with E-state index in [0.717, 1.165) is 25.2 Å². The van der Waals surface area contributed by atoms with Gasteiger partial charge in [-0.3, -0.25) is 4.90 Å². The van der Waals surface area contributed by atoms with Gasteiger partial charge < -0.3 is 5.32 Å². The first kappa shape index (κ1) is 13.0. The number of fused-ring (bicyclic) bond motifs is 1. The fraction of sp³-hybridized carbons (Fsp3) is 0.647. The third kappa shape index (κ3) is 2.51. The van der Waals surface area contributed by atoms with Crippen molar-refractivity contribution in [2.75, 3.05) is 11.9 Å². The molecule has 0 amide bonds. The molecule has 2 unspecified atom stereocenters. The van der Waals surface area contributed by atoms with E-state index in [0.29, 0.717) is 0 Å². The van der Waals surface area contributed by atoms with E-state index in [-0.39, 0.29) is 0 Å². The van der Waals surface area contributed by atoms with Gasteiger partial charge in [0.1, 0.15) is 0 Å². The Hall–Kier alpha value is -1.02. The second-order valence-corrected chi connectivity index (χ2v) is 6.13. The Balaban J connectivity index is 1.83. The van der Waals surface area contributed by atoms with E-state index in [1.54, 1.807) is 11.1 Å². The molecule has 0 aromatic heterocycles. The molecule has 104 valence electrons. The average molecular weight is 258 g/mol. The van der Waals surface area contributed by atoms with E-state index in [9.17, 15) is 0 Å². The van der Waals surface area contributed by atoms with Gasteiger partial charge in [-0.1, -0.05) is 19.1 Å². The van der Waals surface area contributed by atoms with Crippen LogP contribution in [0.1, 0.15) is 50.7 Å². The predicted octanol–water partition coefficient (Wildman–Crippen LogP) is 3.81. The fourth-order valence-corrected chi connectivity index (χ4v) is 3.78. The van der Waals surface area contributed by atoms with Crippen molar-refractivity contribution in [3.63, 3.8) is 0 Å². The average Bonchev–Trinajstić information content (AvgIpc) is 2.80. The van der Waals surface area contributed by atoms with Crippen LogP contribution >= 0.6 is 0 Å². The molecular weight excluding hydrogens is 232 g/mol. The largest absolute Gasteiger partial charge is 0.385 e. The van der Waals surface area contributed by atoms with Crippen molar-refractivity contribution in [2.45, 2.75) is 64.6 Å². The first-order valence-electron chi connectivity index (χ1n) is 7.90. The van der Waals surface area contributed by atoms with Gasteiger partial charge in [0.15, 0.2) is 0 Å². The molecule has 1 saturated heterocycles. The standard InChI is InChI=1S/C17H26N2/c1-3-15-10-9-13(2)19(15)12-14-6-4-8-17-16(14)7-5-11-18-17/h4,6,8,13,15,18H,3,5,7,9-12H2,1-2H3. The van der Waals surface area contributed by atoms with Gasteiger partial charge in [-0.05, 0) is 56.2 Å². The topological polar surface area (TPSA) is 15.3 Å². The summed E-state index contributed by atoms with van der Waals surface area (Å²) in [5, 5.41) is 3.55. The van der Waals surface area contributed by atoms with Gasteiger partial charge in [0, 0.05) is 30.9 Å². The van der Waals surface area contributed by atoms with Crippen molar-refractivity contribution in [1.29, 1.82) is 0 Å². The van der Waals surface area contributed by atoms with E-state index in [2.05, 4.69) is 42.3 Å². The Morgan fingerprint density at radius 1 is 1.32 bits per heavy atom. The van der Waals surface area contributed by atoms with Crippen LogP contribution in [0.15, 0.2) is 18.2 Å². The first-order valence-corrected chi connectivity index (χ1v) is 7.90. The summed E-state index contributed by atoms with van der Waals surface area (Å²) in [5.41, 5.74) is 4.50. The Kier molecular flexibility index (Phi) is 3.79. The van der Waals surface area contributed by atoms with Crippen LogP contribution in [0.2, 0.25) is 0 Å². The Morgan fingerprint density at radius 3 is 3.05 bits per heavy atom. The van der Waals surface area contributed by atoms with Crippen LogP contribution < -0.4 is 5.32 Å². The van der Waals surface area contributed by atoms with Gasteiger partial charge in [-0.25, -0.2) is 0 Å². The van der Waals surface area contributed by atoms with Crippen LogP contribution in [0.3, 0.4) is 0 Å². The highest BCUT2D eigenvalue weighted by Gasteiger charge is 2.29. The van der Waals surface area contributed by atoms with Crippen LogP contribution in [0.4, 0.5) is 5.69 Å². The normalized spacial score (nSPS) is 27.1. The van der Waals surface area contributed by atoms with E-state index in [1.807, 2.05) is 0 Å². The van der Waals surface area contributed by atoms with Crippen molar-refractivity contribution in [2.24, 2.45) is 0 Å². The fourth-order valence-electron chi connectivity index (χ4n) is 3.78. The minimum Gasteiger partial charge on any atom is -0.385 e. The lowest BCUT2D eigenvalue weighted by Crippen LogP contribution is -2.34. The number of rotatable bonds is 3. The number of hydrogen-bond donors (Lipinski definition) is 1. The summed E-state index contributed by atoms with van der Waals surface area (Å²) in [6.07, 6.45) is 6.56. The number of nitrogens with zero attached hydrogens (tertiary/aromatic N) is 1. The number of likely N-dealkylation sites (tertiary alicyclic amines) is 1. The van der Waals surface area contributed by atoms with Crippen molar-refractivity contribution >= 4 is 5.69 Å². The summed E-state index contributed by atoms with van der Waals surface area (Å²) < 4.78 is 0. The molecule has 0 saturated carbocycles. The highest BCUT2D eigenvalue weighted by atomic mass is 15.2. The molecule has 0 spiro atoms. The maximum absolute atomic E-state index is 3.55. The zero-order valence-electron chi connectivity index (χ0n) is 12.3. The maximum Gasteiger partial charge on any atom is 0.0375 e. The predicted molar refractivity (Wildman–Crippen MR) is 81.6 cm³/mol. The molecule has 1 aromatic rings. The van der Waals surface area contributed by atoms with Gasteiger partial charge in [-0.15, -0.1) is 0 Å². The highest BCUT2D eigenvalue weighted by Crippen LogP contribution is 2.31. The lowest BCUT2D eigenvalue weighted by Gasteiger charge is -2.30. The molecule has 2 aliphatic heterocycles. The smallest absolute Gasteiger partial charge is 0.0375 e. The molecule has 1 fully saturated rings. The minimum absolute atomic E-state index is 0.748. The quantitative estimate of drug-likeness (QED) is 0.887. The number of anilines is 1. The van der Waals surface area contributed by atoms with E-state index in [4.69, 9.17) is 0 Å². The molecule has 2 aliphatic rings. The Labute approximate surface area is 117 Å². The third-order valence-electron chi connectivity index (χ3n) is 4.97. The van der Waals surface area contributed by atoms with Gasteiger partial charge >= 0.3 is 0 Å². The summed E-state index contributed by atoms with van der Waals surface area (Å²) in [4.78, 5) is 2.73. The second kappa shape index (κ2) is 5.54. The lowest BCUT2D eigenvalue weighted by atomic mass is 9.97. The molecule has 0 bridgehead atoms. The molecule has 0 aliphatic carbocycles. The number of nitrogens with one attached hydrogen (secondary N) is 1. The molecule has 1 aromatic carbocycles. The Bertz CT molecular complexity index is 441. The zero-order chi connectivity index (χ0) is 13.2. The van der Waals surface area contributed by atoms with Gasteiger partial charge in [0.05, 0.1) is 0 Å². The van der Waals surface area contributed by atoms with Gasteiger partial charge in [0.25, 0.3) is 0 Å². The van der Waals surface area contributed by atoms with Crippen molar-refractivity contribution < 1.29 is 0 Å². The van der Waals surface area contributed by atoms with E-state index < -0.39 is 0 Å². The molecule has 2 heteroatoms. The molecule has 19 heavy (non-hydrogen) atoms. The van der Waals surface area contributed by atoms with Crippen LogP contribution in [0.5, 0.6) is 0 Å². The highest BCUT2D eigenvalue weighted by molar-refractivity contribution is 5.56. The minimum atomic E-state index is 0.748. The number of hydrogen-bond acceptors (Lipinski definition) is 2.